The molecular weight excluding hydrogens is 366 g/mol. The molecule has 1 N–H and O–H groups in total. The van der Waals surface area contributed by atoms with Crippen molar-refractivity contribution in [2.24, 2.45) is 0 Å². The molecule has 4 rings (SSSR count). The lowest BCUT2D eigenvalue weighted by molar-refractivity contribution is -0.117. The Labute approximate surface area is 172 Å². The molecule has 7 heteroatoms. The maximum atomic E-state index is 11.9. The highest BCUT2D eigenvalue weighted by atomic mass is 16.5. The van der Waals surface area contributed by atoms with Crippen molar-refractivity contribution in [2.45, 2.75) is 57.9 Å². The molecule has 2 saturated heterocycles. The number of rotatable bonds is 7. The first-order chi connectivity index (χ1) is 14.1. The quantitative estimate of drug-likeness (QED) is 0.774. The average molecular weight is 398 g/mol. The van der Waals surface area contributed by atoms with E-state index in [2.05, 4.69) is 58.5 Å². The van der Waals surface area contributed by atoms with Crippen LogP contribution in [0.3, 0.4) is 0 Å². The molecule has 2 aromatic rings. The molecule has 0 spiro atoms. The number of amides is 1. The van der Waals surface area contributed by atoms with E-state index in [9.17, 15) is 4.79 Å². The van der Waals surface area contributed by atoms with Crippen LogP contribution >= 0.6 is 0 Å². The van der Waals surface area contributed by atoms with Gasteiger partial charge in [-0.3, -0.25) is 4.79 Å². The molecule has 3 heterocycles. The normalized spacial score (nSPS) is 18.2. The molecule has 156 valence electrons. The number of carbonyl (C=O) groups is 1. The van der Waals surface area contributed by atoms with Gasteiger partial charge in [0.1, 0.15) is 0 Å². The molecule has 0 atom stereocenters. The highest BCUT2D eigenvalue weighted by Crippen LogP contribution is 2.26. The van der Waals surface area contributed by atoms with Gasteiger partial charge in [0.15, 0.2) is 5.82 Å². The Morgan fingerprint density at radius 1 is 1.14 bits per heavy atom. The highest BCUT2D eigenvalue weighted by Gasteiger charge is 2.23. The Bertz CT molecular complexity index is 809. The van der Waals surface area contributed by atoms with E-state index in [-0.39, 0.29) is 5.91 Å². The van der Waals surface area contributed by atoms with E-state index >= 15 is 0 Å². The van der Waals surface area contributed by atoms with Crippen LogP contribution in [0.5, 0.6) is 0 Å². The largest absolute Gasteiger partial charge is 0.371 e. The lowest BCUT2D eigenvalue weighted by Gasteiger charge is -2.34. The molecule has 7 nitrogen and oxygen atoms in total. The standard InChI is InChI=1S/C22H31N5O2/c1-16(2)22-24-20(29-25-22)9-12-23-17-10-14-26(15-11-17)18-5-7-19(8-6-18)27-13-3-4-21(27)28/h5-8,16-17,23H,3-4,9-15H2,1-2H3. The number of nitrogens with one attached hydrogen (secondary N) is 1. The van der Waals surface area contributed by atoms with Gasteiger partial charge in [-0.05, 0) is 43.5 Å². The molecule has 29 heavy (non-hydrogen) atoms. The van der Waals surface area contributed by atoms with Crippen molar-refractivity contribution in [3.63, 3.8) is 0 Å². The summed E-state index contributed by atoms with van der Waals surface area (Å²) in [6.45, 7) is 7.93. The van der Waals surface area contributed by atoms with E-state index in [1.54, 1.807) is 0 Å². The number of nitrogens with zero attached hydrogens (tertiary/aromatic N) is 4. The van der Waals surface area contributed by atoms with Gasteiger partial charge in [0.2, 0.25) is 11.8 Å². The van der Waals surface area contributed by atoms with Gasteiger partial charge in [-0.25, -0.2) is 0 Å². The van der Waals surface area contributed by atoms with Crippen LogP contribution < -0.4 is 15.1 Å². The van der Waals surface area contributed by atoms with Gasteiger partial charge >= 0.3 is 0 Å². The topological polar surface area (TPSA) is 74.5 Å². The zero-order valence-corrected chi connectivity index (χ0v) is 17.4. The predicted molar refractivity (Wildman–Crippen MR) is 113 cm³/mol. The Kier molecular flexibility index (Phi) is 6.13. The SMILES string of the molecule is CC(C)c1noc(CCNC2CCN(c3ccc(N4CCCC4=O)cc3)CC2)n1. The number of benzene rings is 1. The number of aromatic nitrogens is 2. The fourth-order valence-electron chi connectivity index (χ4n) is 4.09. The van der Waals surface area contributed by atoms with Crippen molar-refractivity contribution in [1.82, 2.24) is 15.5 Å². The van der Waals surface area contributed by atoms with Crippen LogP contribution in [0.25, 0.3) is 0 Å². The van der Waals surface area contributed by atoms with E-state index < -0.39 is 0 Å². The summed E-state index contributed by atoms with van der Waals surface area (Å²) in [6.07, 6.45) is 4.65. The molecule has 1 amide bonds. The summed E-state index contributed by atoms with van der Waals surface area (Å²) in [7, 11) is 0. The molecule has 0 aliphatic carbocycles. The van der Waals surface area contributed by atoms with Crippen molar-refractivity contribution in [2.75, 3.05) is 36.0 Å². The van der Waals surface area contributed by atoms with E-state index in [1.165, 1.54) is 5.69 Å². The van der Waals surface area contributed by atoms with E-state index in [0.717, 1.165) is 69.3 Å². The second-order valence-corrected chi connectivity index (χ2v) is 8.33. The summed E-state index contributed by atoms with van der Waals surface area (Å²) in [6, 6.07) is 8.99. The van der Waals surface area contributed by atoms with Crippen molar-refractivity contribution < 1.29 is 9.32 Å². The molecule has 2 aliphatic rings. The maximum absolute atomic E-state index is 11.9. The molecule has 0 bridgehead atoms. The number of carbonyl (C=O) groups excluding carboxylic acids is 1. The summed E-state index contributed by atoms with van der Waals surface area (Å²) in [5.41, 5.74) is 2.26. The summed E-state index contributed by atoms with van der Waals surface area (Å²) in [5.74, 6) is 2.05. The van der Waals surface area contributed by atoms with Crippen LogP contribution in [0.1, 0.15) is 57.2 Å². The van der Waals surface area contributed by atoms with Gasteiger partial charge < -0.3 is 19.6 Å². The lowest BCUT2D eigenvalue weighted by Crippen LogP contribution is -2.43. The smallest absolute Gasteiger partial charge is 0.227 e. The minimum absolute atomic E-state index is 0.241. The Morgan fingerprint density at radius 2 is 1.86 bits per heavy atom. The van der Waals surface area contributed by atoms with Crippen molar-refractivity contribution in [3.8, 4) is 0 Å². The maximum Gasteiger partial charge on any atom is 0.227 e. The second-order valence-electron chi connectivity index (χ2n) is 8.33. The minimum atomic E-state index is 0.241. The molecule has 0 saturated carbocycles. The summed E-state index contributed by atoms with van der Waals surface area (Å²) in [4.78, 5) is 20.7. The van der Waals surface area contributed by atoms with Crippen LogP contribution in [0, 0.1) is 0 Å². The molecule has 1 aromatic carbocycles. The van der Waals surface area contributed by atoms with Gasteiger partial charge in [0.05, 0.1) is 0 Å². The average Bonchev–Trinajstić information content (AvgIpc) is 3.38. The predicted octanol–water partition coefficient (Wildman–Crippen LogP) is 3.12. The number of hydrogen-bond acceptors (Lipinski definition) is 6. The van der Waals surface area contributed by atoms with E-state index in [1.807, 2.05) is 4.90 Å². The third-order valence-electron chi connectivity index (χ3n) is 5.87. The summed E-state index contributed by atoms with van der Waals surface area (Å²) >= 11 is 0. The van der Waals surface area contributed by atoms with E-state index in [4.69, 9.17) is 4.52 Å². The lowest BCUT2D eigenvalue weighted by atomic mass is 10.0. The van der Waals surface area contributed by atoms with Crippen molar-refractivity contribution in [1.29, 1.82) is 0 Å². The van der Waals surface area contributed by atoms with Gasteiger partial charge in [-0.15, -0.1) is 0 Å². The van der Waals surface area contributed by atoms with Crippen LogP contribution in [-0.4, -0.2) is 48.3 Å². The number of hydrogen-bond donors (Lipinski definition) is 1. The number of piperidine rings is 1. The summed E-state index contributed by atoms with van der Waals surface area (Å²) < 4.78 is 5.31. The second kappa shape index (κ2) is 8.95. The summed E-state index contributed by atoms with van der Waals surface area (Å²) in [5, 5.41) is 7.65. The molecule has 0 unspecified atom stereocenters. The first-order valence-corrected chi connectivity index (χ1v) is 10.8. The van der Waals surface area contributed by atoms with Gasteiger partial charge in [0, 0.05) is 62.4 Å². The van der Waals surface area contributed by atoms with Crippen molar-refractivity contribution >= 4 is 17.3 Å². The van der Waals surface area contributed by atoms with E-state index in [0.29, 0.717) is 18.4 Å². The minimum Gasteiger partial charge on any atom is -0.371 e. The highest BCUT2D eigenvalue weighted by molar-refractivity contribution is 5.95. The molecule has 0 radical (unpaired) electrons. The van der Waals surface area contributed by atoms with Crippen LogP contribution in [0.4, 0.5) is 11.4 Å². The molecule has 1 aromatic heterocycles. The Hall–Kier alpha value is -2.41. The first kappa shape index (κ1) is 19.9. The van der Waals surface area contributed by atoms with Crippen LogP contribution in [-0.2, 0) is 11.2 Å². The first-order valence-electron chi connectivity index (χ1n) is 10.8. The van der Waals surface area contributed by atoms with Gasteiger partial charge in [-0.2, -0.15) is 4.98 Å². The Balaban J connectivity index is 1.21. The van der Waals surface area contributed by atoms with Crippen LogP contribution in [0.15, 0.2) is 28.8 Å². The third-order valence-corrected chi connectivity index (χ3v) is 5.87. The zero-order chi connectivity index (χ0) is 20.2. The fraction of sp³-hybridized carbons (Fsp3) is 0.591. The van der Waals surface area contributed by atoms with Gasteiger partial charge in [-0.1, -0.05) is 19.0 Å². The molecule has 2 aliphatic heterocycles. The fourth-order valence-corrected chi connectivity index (χ4v) is 4.09. The molecular formula is C22H31N5O2. The third kappa shape index (κ3) is 4.78. The van der Waals surface area contributed by atoms with Crippen molar-refractivity contribution in [3.05, 3.63) is 36.0 Å². The van der Waals surface area contributed by atoms with Crippen LogP contribution in [0.2, 0.25) is 0 Å². The zero-order valence-electron chi connectivity index (χ0n) is 17.4. The monoisotopic (exact) mass is 397 g/mol. The number of anilines is 2. The van der Waals surface area contributed by atoms with Gasteiger partial charge in [0.25, 0.3) is 0 Å². The Morgan fingerprint density at radius 3 is 2.48 bits per heavy atom. The molecule has 2 fully saturated rings.